The fraction of sp³-hybridized carbons (Fsp3) is 0.571. The number of halogens is 1. The molecule has 2 nitrogen and oxygen atoms in total. The van der Waals surface area contributed by atoms with Crippen molar-refractivity contribution in [2.75, 3.05) is 13.1 Å². The van der Waals surface area contributed by atoms with Crippen LogP contribution in [0.4, 0.5) is 0 Å². The van der Waals surface area contributed by atoms with Gasteiger partial charge in [0.2, 0.25) is 0 Å². The SMILES string of the molecule is CCCNCC(CC)OCc1ccc(Br)cc1. The maximum Gasteiger partial charge on any atom is 0.0721 e. The molecule has 1 aromatic carbocycles. The highest BCUT2D eigenvalue weighted by Crippen LogP contribution is 2.12. The van der Waals surface area contributed by atoms with Gasteiger partial charge < -0.3 is 10.1 Å². The molecule has 1 rings (SSSR count). The molecule has 96 valence electrons. The number of hydrogen-bond acceptors (Lipinski definition) is 2. The predicted molar refractivity (Wildman–Crippen MR) is 76.2 cm³/mol. The Bertz CT molecular complexity index is 300. The minimum atomic E-state index is 0.310. The molecule has 3 heteroatoms. The molecule has 0 spiro atoms. The monoisotopic (exact) mass is 299 g/mol. The molecule has 0 aromatic heterocycles. The molecule has 0 aliphatic heterocycles. The lowest BCUT2D eigenvalue weighted by Crippen LogP contribution is -2.29. The average Bonchev–Trinajstić information content (AvgIpc) is 2.35. The van der Waals surface area contributed by atoms with Gasteiger partial charge in [0.05, 0.1) is 12.7 Å². The fourth-order valence-electron chi connectivity index (χ4n) is 1.56. The van der Waals surface area contributed by atoms with Gasteiger partial charge in [0, 0.05) is 11.0 Å². The van der Waals surface area contributed by atoms with Gasteiger partial charge in [-0.15, -0.1) is 0 Å². The summed E-state index contributed by atoms with van der Waals surface area (Å²) >= 11 is 3.43. The number of ether oxygens (including phenoxy) is 1. The van der Waals surface area contributed by atoms with Gasteiger partial charge in [-0.2, -0.15) is 0 Å². The summed E-state index contributed by atoms with van der Waals surface area (Å²) in [6.07, 6.45) is 2.53. The summed E-state index contributed by atoms with van der Waals surface area (Å²) in [5.41, 5.74) is 1.22. The normalized spacial score (nSPS) is 12.6. The van der Waals surface area contributed by atoms with Crippen molar-refractivity contribution in [3.05, 3.63) is 34.3 Å². The zero-order chi connectivity index (χ0) is 12.5. The highest BCUT2D eigenvalue weighted by Gasteiger charge is 2.05. The van der Waals surface area contributed by atoms with E-state index in [2.05, 4.69) is 59.4 Å². The van der Waals surface area contributed by atoms with Crippen molar-refractivity contribution in [3.63, 3.8) is 0 Å². The van der Waals surface area contributed by atoms with E-state index in [1.54, 1.807) is 0 Å². The summed E-state index contributed by atoms with van der Waals surface area (Å²) in [6, 6.07) is 8.29. The van der Waals surface area contributed by atoms with Gasteiger partial charge in [0.15, 0.2) is 0 Å². The van der Waals surface area contributed by atoms with E-state index in [1.165, 1.54) is 12.0 Å². The summed E-state index contributed by atoms with van der Waals surface area (Å²) in [6.45, 7) is 7.05. The van der Waals surface area contributed by atoms with Crippen LogP contribution >= 0.6 is 15.9 Å². The molecular formula is C14H22BrNO. The maximum atomic E-state index is 5.89. The lowest BCUT2D eigenvalue weighted by Gasteiger charge is -2.16. The molecule has 0 radical (unpaired) electrons. The third kappa shape index (κ3) is 6.20. The van der Waals surface area contributed by atoms with Crippen LogP contribution < -0.4 is 5.32 Å². The van der Waals surface area contributed by atoms with Crippen LogP contribution in [0.25, 0.3) is 0 Å². The molecular weight excluding hydrogens is 278 g/mol. The Labute approximate surface area is 113 Å². The van der Waals surface area contributed by atoms with Crippen LogP contribution in [0.1, 0.15) is 32.3 Å². The first kappa shape index (κ1) is 14.7. The number of hydrogen-bond donors (Lipinski definition) is 1. The van der Waals surface area contributed by atoms with Crippen molar-refractivity contribution >= 4 is 15.9 Å². The Morgan fingerprint density at radius 1 is 1.24 bits per heavy atom. The lowest BCUT2D eigenvalue weighted by molar-refractivity contribution is 0.0385. The molecule has 1 atom stereocenters. The lowest BCUT2D eigenvalue weighted by atomic mass is 10.2. The molecule has 0 heterocycles. The zero-order valence-electron chi connectivity index (χ0n) is 10.7. The first-order valence-corrected chi connectivity index (χ1v) is 7.12. The molecule has 0 saturated heterocycles. The van der Waals surface area contributed by atoms with Gasteiger partial charge in [0.25, 0.3) is 0 Å². The van der Waals surface area contributed by atoms with Gasteiger partial charge in [-0.1, -0.05) is 41.9 Å². The van der Waals surface area contributed by atoms with Crippen LogP contribution in [-0.4, -0.2) is 19.2 Å². The van der Waals surface area contributed by atoms with Crippen molar-refractivity contribution in [1.82, 2.24) is 5.32 Å². The first-order chi connectivity index (χ1) is 8.26. The molecule has 1 aromatic rings. The smallest absolute Gasteiger partial charge is 0.0721 e. The van der Waals surface area contributed by atoms with Crippen LogP contribution in [0.5, 0.6) is 0 Å². The summed E-state index contributed by atoms with van der Waals surface area (Å²) < 4.78 is 7.00. The van der Waals surface area contributed by atoms with E-state index in [1.807, 2.05) is 0 Å². The molecule has 0 saturated carbocycles. The van der Waals surface area contributed by atoms with Crippen molar-refractivity contribution in [2.45, 2.75) is 39.4 Å². The van der Waals surface area contributed by atoms with Crippen molar-refractivity contribution in [3.8, 4) is 0 Å². The second-order valence-electron chi connectivity index (χ2n) is 4.17. The van der Waals surface area contributed by atoms with Crippen molar-refractivity contribution in [2.24, 2.45) is 0 Å². The van der Waals surface area contributed by atoms with E-state index in [4.69, 9.17) is 4.74 Å². The molecule has 0 bridgehead atoms. The Balaban J connectivity index is 2.29. The van der Waals surface area contributed by atoms with E-state index < -0.39 is 0 Å². The topological polar surface area (TPSA) is 21.3 Å². The van der Waals surface area contributed by atoms with E-state index >= 15 is 0 Å². The van der Waals surface area contributed by atoms with Gasteiger partial charge >= 0.3 is 0 Å². The molecule has 0 aliphatic carbocycles. The number of benzene rings is 1. The predicted octanol–water partition coefficient (Wildman–Crippen LogP) is 3.74. The quantitative estimate of drug-likeness (QED) is 0.738. The van der Waals surface area contributed by atoms with E-state index in [-0.39, 0.29) is 0 Å². The Kier molecular flexibility index (Phi) is 7.49. The third-order valence-corrected chi connectivity index (χ3v) is 3.18. The van der Waals surface area contributed by atoms with E-state index in [0.29, 0.717) is 12.7 Å². The highest BCUT2D eigenvalue weighted by atomic mass is 79.9. The standard InChI is InChI=1S/C14H22BrNO/c1-3-9-16-10-14(4-2)17-11-12-5-7-13(15)8-6-12/h5-8,14,16H,3-4,9-11H2,1-2H3. The molecule has 0 aliphatic rings. The Morgan fingerprint density at radius 3 is 2.53 bits per heavy atom. The first-order valence-electron chi connectivity index (χ1n) is 6.33. The highest BCUT2D eigenvalue weighted by molar-refractivity contribution is 9.10. The minimum Gasteiger partial charge on any atom is -0.372 e. The van der Waals surface area contributed by atoms with Crippen molar-refractivity contribution in [1.29, 1.82) is 0 Å². The van der Waals surface area contributed by atoms with E-state index in [0.717, 1.165) is 24.0 Å². The molecule has 17 heavy (non-hydrogen) atoms. The molecule has 0 fully saturated rings. The van der Waals surface area contributed by atoms with Crippen LogP contribution in [0.3, 0.4) is 0 Å². The average molecular weight is 300 g/mol. The minimum absolute atomic E-state index is 0.310. The van der Waals surface area contributed by atoms with Crippen molar-refractivity contribution < 1.29 is 4.74 Å². The zero-order valence-corrected chi connectivity index (χ0v) is 12.3. The van der Waals surface area contributed by atoms with E-state index in [9.17, 15) is 0 Å². The summed E-state index contributed by atoms with van der Waals surface area (Å²) in [5, 5.41) is 3.40. The van der Waals surface area contributed by atoms with Crippen LogP contribution in [0.2, 0.25) is 0 Å². The maximum absolute atomic E-state index is 5.89. The second-order valence-corrected chi connectivity index (χ2v) is 5.09. The summed E-state index contributed by atoms with van der Waals surface area (Å²) in [4.78, 5) is 0. The number of rotatable bonds is 8. The van der Waals surface area contributed by atoms with Gasteiger partial charge in [-0.05, 0) is 37.1 Å². The second kappa shape index (κ2) is 8.67. The van der Waals surface area contributed by atoms with Gasteiger partial charge in [-0.3, -0.25) is 0 Å². The van der Waals surface area contributed by atoms with Crippen LogP contribution in [-0.2, 0) is 11.3 Å². The largest absolute Gasteiger partial charge is 0.372 e. The van der Waals surface area contributed by atoms with Gasteiger partial charge in [0.1, 0.15) is 0 Å². The Morgan fingerprint density at radius 2 is 1.94 bits per heavy atom. The molecule has 0 amide bonds. The molecule has 1 N–H and O–H groups in total. The van der Waals surface area contributed by atoms with Gasteiger partial charge in [-0.25, -0.2) is 0 Å². The number of nitrogens with one attached hydrogen (secondary N) is 1. The fourth-order valence-corrected chi connectivity index (χ4v) is 1.82. The van der Waals surface area contributed by atoms with Crippen LogP contribution in [0, 0.1) is 0 Å². The molecule has 1 unspecified atom stereocenters. The summed E-state index contributed by atoms with van der Waals surface area (Å²) in [7, 11) is 0. The summed E-state index contributed by atoms with van der Waals surface area (Å²) in [5.74, 6) is 0. The van der Waals surface area contributed by atoms with Crippen LogP contribution in [0.15, 0.2) is 28.7 Å². The Hall–Kier alpha value is -0.380. The third-order valence-electron chi connectivity index (χ3n) is 2.65.